The molecule has 1 fully saturated rings. The first-order valence-corrected chi connectivity index (χ1v) is 11.6. The van der Waals surface area contributed by atoms with Crippen molar-refractivity contribution >= 4 is 22.9 Å². The molecule has 2 aromatic carbocycles. The molecule has 1 saturated heterocycles. The Morgan fingerprint density at radius 3 is 2.44 bits per heavy atom. The molecule has 3 heterocycles. The van der Waals surface area contributed by atoms with Gasteiger partial charge in [-0.25, -0.2) is 19.2 Å². The molecule has 34 heavy (non-hydrogen) atoms. The minimum Gasteiger partial charge on any atom is -0.322 e. The third-order valence-corrected chi connectivity index (χ3v) is 6.21. The summed E-state index contributed by atoms with van der Waals surface area (Å²) < 4.78 is 15.2. The van der Waals surface area contributed by atoms with Gasteiger partial charge in [-0.2, -0.15) is 0 Å². The molecule has 4 aromatic rings. The van der Waals surface area contributed by atoms with E-state index in [2.05, 4.69) is 51.0 Å². The number of nitrogens with zero attached hydrogens (tertiary/aromatic N) is 5. The predicted octanol–water partition coefficient (Wildman–Crippen LogP) is 4.47. The largest absolute Gasteiger partial charge is 0.322 e. The number of urea groups is 1. The molecule has 0 saturated carbocycles. The van der Waals surface area contributed by atoms with E-state index < -0.39 is 0 Å². The number of anilines is 1. The highest BCUT2D eigenvalue weighted by molar-refractivity contribution is 5.89. The Hall–Kier alpha value is -3.78. The number of rotatable bonds is 5. The minimum absolute atomic E-state index is 0.168. The van der Waals surface area contributed by atoms with Crippen LogP contribution in [0.15, 0.2) is 66.9 Å². The maximum Gasteiger partial charge on any atom is 0.321 e. The standard InChI is InChI=1S/C26H27FN6O/c1-2-19-5-11-22(12-6-19)33-24(30-23-4-3-13-28-25(23)33)18-31-14-16-32(17-15-31)26(34)29-21-9-7-20(27)8-10-21/h3-13H,2,14-18H2,1H3,(H,29,34). The Kier molecular flexibility index (Phi) is 6.22. The van der Waals surface area contributed by atoms with Gasteiger partial charge in [-0.05, 0) is 60.5 Å². The highest BCUT2D eigenvalue weighted by atomic mass is 19.1. The Bertz CT molecular complexity index is 1280. The second-order valence-electron chi connectivity index (χ2n) is 8.43. The number of fused-ring (bicyclic) bond motifs is 1. The first-order chi connectivity index (χ1) is 16.6. The third-order valence-electron chi connectivity index (χ3n) is 6.21. The summed E-state index contributed by atoms with van der Waals surface area (Å²) in [5, 5.41) is 2.84. The number of nitrogens with one attached hydrogen (secondary N) is 1. The van der Waals surface area contributed by atoms with Crippen molar-refractivity contribution in [2.24, 2.45) is 0 Å². The minimum atomic E-state index is -0.325. The zero-order valence-electron chi connectivity index (χ0n) is 19.1. The highest BCUT2D eigenvalue weighted by Crippen LogP contribution is 2.22. The molecule has 0 spiro atoms. The molecule has 7 nitrogen and oxygen atoms in total. The molecule has 5 rings (SSSR count). The summed E-state index contributed by atoms with van der Waals surface area (Å²) in [7, 11) is 0. The fraction of sp³-hybridized carbons (Fsp3) is 0.269. The van der Waals surface area contributed by atoms with Crippen LogP contribution < -0.4 is 5.32 Å². The van der Waals surface area contributed by atoms with E-state index in [1.165, 1.54) is 17.7 Å². The molecule has 1 N–H and O–H groups in total. The van der Waals surface area contributed by atoms with Gasteiger partial charge in [0, 0.05) is 43.8 Å². The number of imidazole rings is 1. The number of aromatic nitrogens is 3. The number of piperazine rings is 1. The monoisotopic (exact) mass is 458 g/mol. The number of hydrogen-bond donors (Lipinski definition) is 1. The van der Waals surface area contributed by atoms with Gasteiger partial charge in [0.15, 0.2) is 5.65 Å². The van der Waals surface area contributed by atoms with Crippen LogP contribution in [0.5, 0.6) is 0 Å². The molecule has 0 unspecified atom stereocenters. The van der Waals surface area contributed by atoms with Crippen LogP contribution in [0.3, 0.4) is 0 Å². The molecule has 0 aliphatic carbocycles. The molecule has 8 heteroatoms. The van der Waals surface area contributed by atoms with E-state index in [9.17, 15) is 9.18 Å². The van der Waals surface area contributed by atoms with Gasteiger partial charge in [0.05, 0.1) is 6.54 Å². The van der Waals surface area contributed by atoms with Gasteiger partial charge in [0.2, 0.25) is 0 Å². The molecule has 1 aliphatic heterocycles. The van der Waals surface area contributed by atoms with Crippen LogP contribution in [0.1, 0.15) is 18.3 Å². The number of benzene rings is 2. The van der Waals surface area contributed by atoms with E-state index in [1.54, 1.807) is 23.2 Å². The van der Waals surface area contributed by atoms with E-state index in [4.69, 9.17) is 4.98 Å². The number of hydrogen-bond acceptors (Lipinski definition) is 4. The molecule has 174 valence electrons. The Balaban J connectivity index is 1.29. The van der Waals surface area contributed by atoms with Crippen molar-refractivity contribution in [3.63, 3.8) is 0 Å². The van der Waals surface area contributed by atoms with Gasteiger partial charge in [-0.15, -0.1) is 0 Å². The molecule has 0 atom stereocenters. The molecule has 1 aliphatic rings. The predicted molar refractivity (Wildman–Crippen MR) is 131 cm³/mol. The average Bonchev–Trinajstić information content (AvgIpc) is 3.23. The van der Waals surface area contributed by atoms with Crippen LogP contribution in [0.25, 0.3) is 16.9 Å². The van der Waals surface area contributed by atoms with Crippen LogP contribution in [0.2, 0.25) is 0 Å². The summed E-state index contributed by atoms with van der Waals surface area (Å²) in [6, 6.07) is 18.1. The fourth-order valence-electron chi connectivity index (χ4n) is 4.26. The van der Waals surface area contributed by atoms with Gasteiger partial charge in [0.1, 0.15) is 17.2 Å². The number of amides is 2. The second-order valence-corrected chi connectivity index (χ2v) is 8.43. The number of carbonyl (C=O) groups is 1. The molecule has 2 aromatic heterocycles. The molecular formula is C26H27FN6O. The van der Waals surface area contributed by atoms with E-state index in [0.29, 0.717) is 25.3 Å². The highest BCUT2D eigenvalue weighted by Gasteiger charge is 2.23. The van der Waals surface area contributed by atoms with Crippen molar-refractivity contribution in [2.45, 2.75) is 19.9 Å². The van der Waals surface area contributed by atoms with Crippen molar-refractivity contribution in [2.75, 3.05) is 31.5 Å². The number of pyridine rings is 1. The summed E-state index contributed by atoms with van der Waals surface area (Å²) in [5.41, 5.74) is 4.64. The molecule has 0 bridgehead atoms. The molecule has 0 radical (unpaired) electrons. The summed E-state index contributed by atoms with van der Waals surface area (Å²) in [4.78, 5) is 26.2. The zero-order valence-corrected chi connectivity index (χ0v) is 19.1. The summed E-state index contributed by atoms with van der Waals surface area (Å²) >= 11 is 0. The quantitative estimate of drug-likeness (QED) is 0.479. The lowest BCUT2D eigenvalue weighted by Gasteiger charge is -2.34. The van der Waals surface area contributed by atoms with Crippen molar-refractivity contribution in [1.29, 1.82) is 0 Å². The van der Waals surface area contributed by atoms with Gasteiger partial charge in [-0.3, -0.25) is 9.47 Å². The smallest absolute Gasteiger partial charge is 0.321 e. The first kappa shape index (κ1) is 22.0. The van der Waals surface area contributed by atoms with Crippen molar-refractivity contribution in [3.05, 3.63) is 84.1 Å². The van der Waals surface area contributed by atoms with E-state index in [1.807, 2.05) is 12.1 Å². The van der Waals surface area contributed by atoms with Crippen LogP contribution in [0.4, 0.5) is 14.9 Å². The van der Waals surface area contributed by atoms with E-state index >= 15 is 0 Å². The zero-order chi connectivity index (χ0) is 23.5. The number of aryl methyl sites for hydroxylation is 1. The Morgan fingerprint density at radius 1 is 1.00 bits per heavy atom. The van der Waals surface area contributed by atoms with Gasteiger partial charge >= 0.3 is 6.03 Å². The topological polar surface area (TPSA) is 66.3 Å². The maximum atomic E-state index is 13.1. The maximum absolute atomic E-state index is 13.1. The third kappa shape index (κ3) is 4.63. The Morgan fingerprint density at radius 2 is 1.74 bits per heavy atom. The van der Waals surface area contributed by atoms with Crippen LogP contribution in [-0.4, -0.2) is 56.5 Å². The summed E-state index contributed by atoms with van der Waals surface area (Å²) in [5.74, 6) is 0.608. The lowest BCUT2D eigenvalue weighted by atomic mass is 10.1. The van der Waals surface area contributed by atoms with Crippen molar-refractivity contribution in [1.82, 2.24) is 24.3 Å². The second kappa shape index (κ2) is 9.61. The summed E-state index contributed by atoms with van der Waals surface area (Å²) in [6.45, 7) is 5.51. The average molecular weight is 459 g/mol. The summed E-state index contributed by atoms with van der Waals surface area (Å²) in [6.07, 6.45) is 2.79. The van der Waals surface area contributed by atoms with Crippen molar-refractivity contribution in [3.8, 4) is 5.69 Å². The van der Waals surface area contributed by atoms with E-state index in [0.717, 1.165) is 42.2 Å². The van der Waals surface area contributed by atoms with Gasteiger partial charge in [-0.1, -0.05) is 19.1 Å². The fourth-order valence-corrected chi connectivity index (χ4v) is 4.26. The van der Waals surface area contributed by atoms with Crippen LogP contribution in [0, 0.1) is 5.82 Å². The number of carbonyl (C=O) groups excluding carboxylic acids is 1. The molecular weight excluding hydrogens is 431 g/mol. The normalized spacial score (nSPS) is 14.5. The SMILES string of the molecule is CCc1ccc(-n2c(CN3CCN(C(=O)Nc4ccc(F)cc4)CC3)nc3cccnc32)cc1. The van der Waals surface area contributed by atoms with Crippen molar-refractivity contribution < 1.29 is 9.18 Å². The molecule has 2 amide bonds. The van der Waals surface area contributed by atoms with Gasteiger partial charge in [0.25, 0.3) is 0 Å². The Labute approximate surface area is 197 Å². The first-order valence-electron chi connectivity index (χ1n) is 11.6. The lowest BCUT2D eigenvalue weighted by molar-refractivity contribution is 0.140. The van der Waals surface area contributed by atoms with Crippen LogP contribution >= 0.6 is 0 Å². The number of halogens is 1. The van der Waals surface area contributed by atoms with Crippen LogP contribution in [-0.2, 0) is 13.0 Å². The van der Waals surface area contributed by atoms with Gasteiger partial charge < -0.3 is 10.2 Å². The van der Waals surface area contributed by atoms with E-state index in [-0.39, 0.29) is 11.8 Å². The lowest BCUT2D eigenvalue weighted by Crippen LogP contribution is -2.49.